The Kier molecular flexibility index (Phi) is 5.54. The number of piperazine rings is 1. The maximum atomic E-state index is 12.8. The van der Waals surface area contributed by atoms with Crippen LogP contribution in [0.2, 0.25) is 0 Å². The smallest absolute Gasteiger partial charge is 0.249 e. The van der Waals surface area contributed by atoms with Gasteiger partial charge in [-0.25, -0.2) is 0 Å². The summed E-state index contributed by atoms with van der Waals surface area (Å²) in [5.74, 6) is 2.40. The van der Waals surface area contributed by atoms with E-state index < -0.39 is 5.54 Å². The molecule has 0 spiro atoms. The van der Waals surface area contributed by atoms with E-state index in [0.29, 0.717) is 19.4 Å². The number of nitrogens with one attached hydrogen (secondary N) is 1. The number of rotatable bonds is 5. The quantitative estimate of drug-likeness (QED) is 0.821. The van der Waals surface area contributed by atoms with Crippen molar-refractivity contribution in [1.29, 1.82) is 0 Å². The van der Waals surface area contributed by atoms with Gasteiger partial charge in [0.25, 0.3) is 0 Å². The molecule has 2 amide bonds. The lowest BCUT2D eigenvalue weighted by Crippen LogP contribution is -2.70. The van der Waals surface area contributed by atoms with Crippen molar-refractivity contribution in [1.82, 2.24) is 15.1 Å². The van der Waals surface area contributed by atoms with Gasteiger partial charge < -0.3 is 10.2 Å². The summed E-state index contributed by atoms with van der Waals surface area (Å²) in [5.41, 5.74) is -0.693. The van der Waals surface area contributed by atoms with Crippen molar-refractivity contribution in [2.45, 2.75) is 45.2 Å². The monoisotopic (exact) mass is 313 g/mol. The molecule has 0 saturated carbocycles. The van der Waals surface area contributed by atoms with Crippen LogP contribution in [0.1, 0.15) is 33.6 Å². The van der Waals surface area contributed by atoms with Gasteiger partial charge in [-0.3, -0.25) is 14.5 Å². The van der Waals surface area contributed by atoms with Gasteiger partial charge in [0, 0.05) is 37.7 Å². The van der Waals surface area contributed by atoms with Gasteiger partial charge in [0.15, 0.2) is 0 Å². The molecule has 0 radical (unpaired) electrons. The lowest BCUT2D eigenvalue weighted by atomic mass is 9.87. The van der Waals surface area contributed by atoms with Gasteiger partial charge >= 0.3 is 0 Å². The Bertz CT molecular complexity index is 392. The highest BCUT2D eigenvalue weighted by Gasteiger charge is 2.47. The van der Waals surface area contributed by atoms with E-state index in [2.05, 4.69) is 10.2 Å². The molecule has 2 aliphatic rings. The molecule has 2 fully saturated rings. The molecular formula is C15H27N3O2S. The molecule has 1 N–H and O–H groups in total. The van der Waals surface area contributed by atoms with Crippen LogP contribution in [-0.2, 0) is 9.59 Å². The normalized spacial score (nSPS) is 26.8. The van der Waals surface area contributed by atoms with Crippen molar-refractivity contribution in [2.24, 2.45) is 0 Å². The average Bonchev–Trinajstić information content (AvgIpc) is 2.52. The zero-order valence-electron chi connectivity index (χ0n) is 13.4. The fourth-order valence-corrected chi connectivity index (χ4v) is 4.06. The van der Waals surface area contributed by atoms with E-state index >= 15 is 0 Å². The Morgan fingerprint density at radius 1 is 1.19 bits per heavy atom. The topological polar surface area (TPSA) is 52.7 Å². The minimum atomic E-state index is -0.693. The Hall–Kier alpha value is -0.750. The zero-order valence-corrected chi connectivity index (χ0v) is 14.2. The Balaban J connectivity index is 2.04. The van der Waals surface area contributed by atoms with E-state index in [1.165, 1.54) is 0 Å². The summed E-state index contributed by atoms with van der Waals surface area (Å²) in [6.07, 6.45) is 1.30. The first-order chi connectivity index (χ1) is 10.0. The molecule has 2 heterocycles. The highest BCUT2D eigenvalue weighted by molar-refractivity contribution is 7.99. The molecule has 21 heavy (non-hydrogen) atoms. The third-order valence-corrected chi connectivity index (χ3v) is 5.79. The van der Waals surface area contributed by atoms with E-state index in [4.69, 9.17) is 0 Å². The van der Waals surface area contributed by atoms with Gasteiger partial charge in [0.1, 0.15) is 11.6 Å². The van der Waals surface area contributed by atoms with Crippen LogP contribution in [0.3, 0.4) is 0 Å². The van der Waals surface area contributed by atoms with Gasteiger partial charge in [-0.05, 0) is 19.8 Å². The molecule has 120 valence electrons. The number of carbonyl (C=O) groups excluding carboxylic acids is 2. The van der Waals surface area contributed by atoms with Crippen LogP contribution in [-0.4, -0.2) is 70.9 Å². The van der Waals surface area contributed by atoms with Crippen LogP contribution in [0.5, 0.6) is 0 Å². The third kappa shape index (κ3) is 3.37. The molecule has 2 aliphatic heterocycles. The average molecular weight is 313 g/mol. The van der Waals surface area contributed by atoms with Crippen LogP contribution in [0.15, 0.2) is 0 Å². The summed E-state index contributed by atoms with van der Waals surface area (Å²) in [6, 6.07) is -0.358. The molecule has 1 unspecified atom stereocenters. The van der Waals surface area contributed by atoms with Crippen LogP contribution in [0.25, 0.3) is 0 Å². The maximum absolute atomic E-state index is 12.8. The summed E-state index contributed by atoms with van der Waals surface area (Å²) in [7, 11) is 0. The fourth-order valence-electron chi connectivity index (χ4n) is 3.08. The first-order valence-electron chi connectivity index (χ1n) is 7.97. The van der Waals surface area contributed by atoms with Crippen molar-refractivity contribution < 1.29 is 9.59 Å². The van der Waals surface area contributed by atoms with Gasteiger partial charge in [0.05, 0.1) is 0 Å². The minimum absolute atomic E-state index is 0.0208. The predicted octanol–water partition coefficient (Wildman–Crippen LogP) is 0.941. The summed E-state index contributed by atoms with van der Waals surface area (Å²) < 4.78 is 0. The summed E-state index contributed by atoms with van der Waals surface area (Å²) in [5, 5.41) is 2.95. The first kappa shape index (κ1) is 16.6. The molecule has 0 bridgehead atoms. The van der Waals surface area contributed by atoms with Crippen LogP contribution < -0.4 is 5.32 Å². The van der Waals surface area contributed by atoms with E-state index in [9.17, 15) is 9.59 Å². The predicted molar refractivity (Wildman–Crippen MR) is 86.4 cm³/mol. The van der Waals surface area contributed by atoms with E-state index in [0.717, 1.165) is 31.1 Å². The first-order valence-corrected chi connectivity index (χ1v) is 9.12. The number of amides is 2. The lowest BCUT2D eigenvalue weighted by Gasteiger charge is -2.45. The lowest BCUT2D eigenvalue weighted by molar-refractivity contribution is -0.155. The minimum Gasteiger partial charge on any atom is -0.340 e. The van der Waals surface area contributed by atoms with Gasteiger partial charge in [0.2, 0.25) is 11.8 Å². The Labute approximate surface area is 131 Å². The van der Waals surface area contributed by atoms with Crippen LogP contribution in [0.4, 0.5) is 0 Å². The fraction of sp³-hybridized carbons (Fsp3) is 0.867. The molecule has 0 aromatic carbocycles. The molecule has 2 saturated heterocycles. The highest BCUT2D eigenvalue weighted by Crippen LogP contribution is 2.25. The molecule has 0 aromatic rings. The molecule has 5 nitrogen and oxygen atoms in total. The number of hydrogen-bond acceptors (Lipinski definition) is 4. The summed E-state index contributed by atoms with van der Waals surface area (Å²) in [4.78, 5) is 29.2. The molecular weight excluding hydrogens is 286 g/mol. The van der Waals surface area contributed by atoms with Gasteiger partial charge in [-0.15, -0.1) is 0 Å². The molecule has 0 aliphatic carbocycles. The highest BCUT2D eigenvalue weighted by atomic mass is 32.2. The van der Waals surface area contributed by atoms with Gasteiger partial charge in [-0.1, -0.05) is 13.8 Å². The van der Waals surface area contributed by atoms with E-state index in [1.807, 2.05) is 32.5 Å². The molecule has 0 aromatic heterocycles. The van der Waals surface area contributed by atoms with Crippen LogP contribution >= 0.6 is 11.8 Å². The Morgan fingerprint density at radius 2 is 1.81 bits per heavy atom. The third-order valence-electron chi connectivity index (χ3n) is 4.85. The molecule has 2 rings (SSSR count). The van der Waals surface area contributed by atoms with Crippen molar-refractivity contribution >= 4 is 23.6 Å². The van der Waals surface area contributed by atoms with Crippen molar-refractivity contribution in [3.05, 3.63) is 0 Å². The second-order valence-electron chi connectivity index (χ2n) is 5.91. The number of thioether (sulfide) groups is 1. The molecule has 1 atom stereocenters. The molecule has 6 heteroatoms. The largest absolute Gasteiger partial charge is 0.340 e. The second-order valence-corrected chi connectivity index (χ2v) is 7.13. The number of carbonyl (C=O) groups is 2. The van der Waals surface area contributed by atoms with Crippen LogP contribution in [0, 0.1) is 0 Å². The Morgan fingerprint density at radius 3 is 2.38 bits per heavy atom. The van der Waals surface area contributed by atoms with E-state index in [1.54, 1.807) is 4.90 Å². The second kappa shape index (κ2) is 7.01. The van der Waals surface area contributed by atoms with Gasteiger partial charge in [-0.2, -0.15) is 11.8 Å². The maximum Gasteiger partial charge on any atom is 0.249 e. The summed E-state index contributed by atoms with van der Waals surface area (Å²) >= 11 is 1.98. The summed E-state index contributed by atoms with van der Waals surface area (Å²) in [6.45, 7) is 9.46. The SMILES string of the molecule is CCC1(CC)NC(=O)C(C)N(CCN2CCSCC2)C1=O. The van der Waals surface area contributed by atoms with Crippen molar-refractivity contribution in [3.63, 3.8) is 0 Å². The zero-order chi connectivity index (χ0) is 15.5. The van der Waals surface area contributed by atoms with Crippen molar-refractivity contribution in [2.75, 3.05) is 37.7 Å². The van der Waals surface area contributed by atoms with E-state index in [-0.39, 0.29) is 17.9 Å². The number of hydrogen-bond donors (Lipinski definition) is 1. The standard InChI is InChI=1S/C15H27N3O2S/c1-4-15(5-2)14(20)18(12(3)13(19)16-15)7-6-17-8-10-21-11-9-17/h12H,4-11H2,1-3H3,(H,16,19). The number of nitrogens with zero attached hydrogens (tertiary/aromatic N) is 2. The van der Waals surface area contributed by atoms with Crippen molar-refractivity contribution in [3.8, 4) is 0 Å².